The molecule has 1 aliphatic rings. The molecule has 1 rings (SSSR count). The molecular formula is C11H23NO3S. The minimum absolute atomic E-state index is 0.365. The summed E-state index contributed by atoms with van der Waals surface area (Å²) in [4.78, 5) is 0. The third-order valence-corrected chi connectivity index (χ3v) is 5.47. The van der Waals surface area contributed by atoms with E-state index in [2.05, 4.69) is 5.32 Å². The van der Waals surface area contributed by atoms with Gasteiger partial charge in [-0.1, -0.05) is 0 Å². The lowest BCUT2D eigenvalue weighted by molar-refractivity contribution is -0.0101. The molecule has 4 nitrogen and oxygen atoms in total. The van der Waals surface area contributed by atoms with Gasteiger partial charge in [-0.15, -0.1) is 0 Å². The fourth-order valence-electron chi connectivity index (χ4n) is 1.63. The molecule has 0 saturated heterocycles. The third-order valence-electron chi connectivity index (χ3n) is 3.32. The molecule has 0 heterocycles. The lowest BCUT2D eigenvalue weighted by Gasteiger charge is -2.37. The largest absolute Gasteiger partial charge is 0.378 e. The van der Waals surface area contributed by atoms with Crippen molar-refractivity contribution in [3.8, 4) is 0 Å². The normalized spacial score (nSPS) is 26.5. The Labute approximate surface area is 98.7 Å². The summed E-state index contributed by atoms with van der Waals surface area (Å²) in [6.45, 7) is 6.77. The first-order chi connectivity index (χ1) is 7.26. The van der Waals surface area contributed by atoms with Crippen molar-refractivity contribution < 1.29 is 13.2 Å². The van der Waals surface area contributed by atoms with Crippen LogP contribution in [0.5, 0.6) is 0 Å². The Morgan fingerprint density at radius 3 is 2.38 bits per heavy atom. The average molecular weight is 249 g/mol. The molecule has 16 heavy (non-hydrogen) atoms. The molecule has 0 aliphatic heterocycles. The van der Waals surface area contributed by atoms with Crippen molar-refractivity contribution in [2.75, 3.05) is 19.4 Å². The highest BCUT2D eigenvalue weighted by Crippen LogP contribution is 2.24. The SMILES string of the molecule is CCOC1CC(NCC(C)(C)S(C)(=O)=O)C1. The Hall–Kier alpha value is -0.130. The van der Waals surface area contributed by atoms with Gasteiger partial charge in [0.2, 0.25) is 0 Å². The summed E-state index contributed by atoms with van der Waals surface area (Å²) in [5.41, 5.74) is 0. The van der Waals surface area contributed by atoms with E-state index in [1.165, 1.54) is 6.26 Å². The van der Waals surface area contributed by atoms with E-state index in [1.807, 2.05) is 6.92 Å². The zero-order chi connectivity index (χ0) is 12.4. The molecule has 5 heteroatoms. The molecular weight excluding hydrogens is 226 g/mol. The van der Waals surface area contributed by atoms with Crippen LogP contribution in [0.1, 0.15) is 33.6 Å². The number of hydrogen-bond acceptors (Lipinski definition) is 4. The molecule has 1 N–H and O–H groups in total. The maximum absolute atomic E-state index is 11.5. The number of sulfone groups is 1. The second-order valence-electron chi connectivity index (χ2n) is 5.16. The van der Waals surface area contributed by atoms with Crippen molar-refractivity contribution in [2.45, 2.75) is 50.5 Å². The molecule has 1 aliphatic carbocycles. The molecule has 0 unspecified atom stereocenters. The summed E-state index contributed by atoms with van der Waals surface area (Å²) in [6.07, 6.45) is 3.64. The first-order valence-electron chi connectivity index (χ1n) is 5.81. The van der Waals surface area contributed by atoms with Gasteiger partial charge in [0, 0.05) is 25.4 Å². The van der Waals surface area contributed by atoms with Gasteiger partial charge in [0.25, 0.3) is 0 Å². The van der Waals surface area contributed by atoms with Crippen LogP contribution in [0.2, 0.25) is 0 Å². The summed E-state index contributed by atoms with van der Waals surface area (Å²) < 4.78 is 27.7. The van der Waals surface area contributed by atoms with E-state index in [4.69, 9.17) is 4.74 Å². The molecule has 0 amide bonds. The van der Waals surface area contributed by atoms with Gasteiger partial charge in [-0.25, -0.2) is 8.42 Å². The second-order valence-corrected chi connectivity index (χ2v) is 7.81. The lowest BCUT2D eigenvalue weighted by atomic mass is 9.89. The predicted molar refractivity (Wildman–Crippen MR) is 65.4 cm³/mol. The Morgan fingerprint density at radius 1 is 1.38 bits per heavy atom. The Bertz CT molecular complexity index is 318. The van der Waals surface area contributed by atoms with Crippen LogP contribution < -0.4 is 5.32 Å². The summed E-state index contributed by atoms with van der Waals surface area (Å²) in [7, 11) is -3.00. The first kappa shape index (κ1) is 13.9. The summed E-state index contributed by atoms with van der Waals surface area (Å²) in [6, 6.07) is 0.414. The van der Waals surface area contributed by atoms with E-state index >= 15 is 0 Å². The minimum Gasteiger partial charge on any atom is -0.378 e. The number of nitrogens with one attached hydrogen (secondary N) is 1. The van der Waals surface area contributed by atoms with E-state index in [-0.39, 0.29) is 0 Å². The summed E-state index contributed by atoms with van der Waals surface area (Å²) in [5, 5.41) is 3.30. The number of rotatable bonds is 6. The van der Waals surface area contributed by atoms with Crippen LogP contribution in [0.15, 0.2) is 0 Å². The summed E-state index contributed by atoms with van der Waals surface area (Å²) >= 11 is 0. The number of ether oxygens (including phenoxy) is 1. The first-order valence-corrected chi connectivity index (χ1v) is 7.70. The monoisotopic (exact) mass is 249 g/mol. The molecule has 1 saturated carbocycles. The van der Waals surface area contributed by atoms with Crippen LogP contribution in [-0.2, 0) is 14.6 Å². The zero-order valence-electron chi connectivity index (χ0n) is 10.6. The van der Waals surface area contributed by atoms with E-state index in [9.17, 15) is 8.42 Å². The van der Waals surface area contributed by atoms with Crippen molar-refractivity contribution in [1.29, 1.82) is 0 Å². The van der Waals surface area contributed by atoms with Crippen molar-refractivity contribution >= 4 is 9.84 Å². The standard InChI is InChI=1S/C11H23NO3S/c1-5-15-10-6-9(7-10)12-8-11(2,3)16(4,13)14/h9-10,12H,5-8H2,1-4H3. The van der Waals surface area contributed by atoms with E-state index in [0.29, 0.717) is 18.7 Å². The van der Waals surface area contributed by atoms with Gasteiger partial charge in [-0.3, -0.25) is 0 Å². The average Bonchev–Trinajstić information content (AvgIpc) is 2.06. The van der Waals surface area contributed by atoms with Crippen LogP contribution in [-0.4, -0.2) is 44.7 Å². The molecule has 0 bridgehead atoms. The highest BCUT2D eigenvalue weighted by Gasteiger charge is 2.34. The van der Waals surface area contributed by atoms with E-state index in [1.54, 1.807) is 13.8 Å². The van der Waals surface area contributed by atoms with Gasteiger partial charge >= 0.3 is 0 Å². The van der Waals surface area contributed by atoms with E-state index in [0.717, 1.165) is 19.4 Å². The minimum atomic E-state index is -3.00. The Kier molecular flexibility index (Phi) is 4.37. The zero-order valence-corrected chi connectivity index (χ0v) is 11.4. The molecule has 0 aromatic heterocycles. The molecule has 0 aromatic rings. The van der Waals surface area contributed by atoms with Gasteiger partial charge < -0.3 is 10.1 Å². The van der Waals surface area contributed by atoms with Gasteiger partial charge in [0.15, 0.2) is 9.84 Å². The van der Waals surface area contributed by atoms with Gasteiger partial charge in [0.05, 0.1) is 10.9 Å². The predicted octanol–water partition coefficient (Wildman–Crippen LogP) is 0.967. The van der Waals surface area contributed by atoms with Crippen molar-refractivity contribution in [1.82, 2.24) is 5.32 Å². The third kappa shape index (κ3) is 3.43. The molecule has 1 fully saturated rings. The molecule has 0 atom stereocenters. The molecule has 0 spiro atoms. The van der Waals surface area contributed by atoms with Crippen LogP contribution >= 0.6 is 0 Å². The smallest absolute Gasteiger partial charge is 0.153 e. The summed E-state index contributed by atoms with van der Waals surface area (Å²) in [5.74, 6) is 0. The van der Waals surface area contributed by atoms with Crippen molar-refractivity contribution in [3.63, 3.8) is 0 Å². The topological polar surface area (TPSA) is 55.4 Å². The maximum atomic E-state index is 11.5. The Balaban J connectivity index is 2.27. The lowest BCUT2D eigenvalue weighted by Crippen LogP contribution is -2.51. The maximum Gasteiger partial charge on any atom is 0.153 e. The highest BCUT2D eigenvalue weighted by molar-refractivity contribution is 7.92. The fraction of sp³-hybridized carbons (Fsp3) is 1.00. The molecule has 0 aromatic carbocycles. The van der Waals surface area contributed by atoms with Gasteiger partial charge in [-0.05, 0) is 33.6 Å². The molecule has 0 radical (unpaired) electrons. The molecule has 96 valence electrons. The van der Waals surface area contributed by atoms with E-state index < -0.39 is 14.6 Å². The van der Waals surface area contributed by atoms with Gasteiger partial charge in [-0.2, -0.15) is 0 Å². The van der Waals surface area contributed by atoms with Crippen molar-refractivity contribution in [3.05, 3.63) is 0 Å². The Morgan fingerprint density at radius 2 is 1.94 bits per heavy atom. The number of hydrogen-bond donors (Lipinski definition) is 1. The van der Waals surface area contributed by atoms with Crippen molar-refractivity contribution in [2.24, 2.45) is 0 Å². The van der Waals surface area contributed by atoms with Crippen LogP contribution in [0.25, 0.3) is 0 Å². The van der Waals surface area contributed by atoms with Crippen LogP contribution in [0.4, 0.5) is 0 Å². The van der Waals surface area contributed by atoms with Crippen LogP contribution in [0.3, 0.4) is 0 Å². The van der Waals surface area contributed by atoms with Gasteiger partial charge in [0.1, 0.15) is 0 Å². The fourth-order valence-corrected chi connectivity index (χ4v) is 1.97. The highest BCUT2D eigenvalue weighted by atomic mass is 32.2. The van der Waals surface area contributed by atoms with Crippen LogP contribution in [0, 0.1) is 0 Å². The second kappa shape index (κ2) is 5.02. The quantitative estimate of drug-likeness (QED) is 0.762.